The summed E-state index contributed by atoms with van der Waals surface area (Å²) in [4.78, 5) is 26.8. The van der Waals surface area contributed by atoms with Crippen LogP contribution in [-0.2, 0) is 0 Å². The van der Waals surface area contributed by atoms with Gasteiger partial charge >= 0.3 is 12.6 Å². The Balaban J connectivity index is 1.67. The number of carbonyl (C=O) groups is 1. The van der Waals surface area contributed by atoms with E-state index in [0.717, 1.165) is 38.9 Å². The van der Waals surface area contributed by atoms with Crippen LogP contribution >= 0.6 is 0 Å². The quantitative estimate of drug-likeness (QED) is 0.755. The molecule has 3 aliphatic rings. The first-order valence-electron chi connectivity index (χ1n) is 10.7. The molecule has 5 rings (SSSR count). The minimum atomic E-state index is -3.04. The molecule has 2 aromatic rings. The fourth-order valence-electron chi connectivity index (χ4n) is 5.16. The minimum absolute atomic E-state index is 0.00263. The van der Waals surface area contributed by atoms with Crippen molar-refractivity contribution in [2.75, 3.05) is 19.6 Å². The Morgan fingerprint density at radius 2 is 2.03 bits per heavy atom. The maximum Gasteiger partial charge on any atom is 0.387 e. The predicted octanol–water partition coefficient (Wildman–Crippen LogP) is 2.79. The normalized spacial score (nSPS) is 26.4. The van der Waals surface area contributed by atoms with Gasteiger partial charge in [-0.05, 0) is 32.3 Å². The van der Waals surface area contributed by atoms with E-state index in [-0.39, 0.29) is 34.2 Å². The molecule has 0 bridgehead atoms. The van der Waals surface area contributed by atoms with Gasteiger partial charge in [-0.1, -0.05) is 6.07 Å². The fourth-order valence-corrected chi connectivity index (χ4v) is 5.16. The molecule has 166 valence electrons. The molecule has 2 aliphatic heterocycles. The molecule has 7 nitrogen and oxygen atoms in total. The van der Waals surface area contributed by atoms with Gasteiger partial charge in [-0.25, -0.2) is 4.79 Å². The van der Waals surface area contributed by atoms with Crippen molar-refractivity contribution in [2.24, 2.45) is 0 Å². The molecule has 9 heteroatoms. The highest BCUT2D eigenvalue weighted by molar-refractivity contribution is 5.95. The number of rotatable bonds is 5. The van der Waals surface area contributed by atoms with E-state index in [0.29, 0.717) is 17.6 Å². The SMILES string of the molecule is C[C@H]1CN2CC(c3ccc4c(=O)c(C(=O)O)cn(C5CC5)c4c3OC(F)F)C[C@H]2CN1. The summed E-state index contributed by atoms with van der Waals surface area (Å²) in [5.74, 6) is -1.31. The van der Waals surface area contributed by atoms with Crippen LogP contribution < -0.4 is 15.5 Å². The van der Waals surface area contributed by atoms with Crippen LogP contribution in [0.25, 0.3) is 10.9 Å². The summed E-state index contributed by atoms with van der Waals surface area (Å²) in [6.07, 6.45) is 3.71. The van der Waals surface area contributed by atoms with Crippen molar-refractivity contribution < 1.29 is 23.4 Å². The Morgan fingerprint density at radius 1 is 1.26 bits per heavy atom. The standard InChI is InChI=1S/C22H25F2N3O4/c1-11-8-26-9-12(6-14(26)7-25-11)15-4-5-16-18(20(15)31-22(23)24)27(13-2-3-13)10-17(19(16)28)21(29)30/h4-5,10-14,22,25H,2-3,6-9H2,1H3,(H,29,30)/t11-,12?,14-/m0/s1. The largest absolute Gasteiger partial charge is 0.477 e. The summed E-state index contributed by atoms with van der Waals surface area (Å²) in [5, 5.41) is 13.0. The second-order valence-corrected chi connectivity index (χ2v) is 8.92. The third-order valence-electron chi connectivity index (χ3n) is 6.73. The number of ether oxygens (including phenoxy) is 1. The average Bonchev–Trinajstić information content (AvgIpc) is 3.47. The fraction of sp³-hybridized carbons (Fsp3) is 0.545. The van der Waals surface area contributed by atoms with Gasteiger partial charge in [0.15, 0.2) is 5.75 Å². The molecule has 1 saturated carbocycles. The van der Waals surface area contributed by atoms with E-state index in [1.54, 1.807) is 16.7 Å². The van der Waals surface area contributed by atoms with Gasteiger partial charge < -0.3 is 19.7 Å². The average molecular weight is 433 g/mol. The van der Waals surface area contributed by atoms with Crippen LogP contribution in [0.3, 0.4) is 0 Å². The molecule has 1 aromatic heterocycles. The van der Waals surface area contributed by atoms with Crippen LogP contribution in [0.15, 0.2) is 23.1 Å². The monoisotopic (exact) mass is 433 g/mol. The first-order valence-corrected chi connectivity index (χ1v) is 10.7. The van der Waals surface area contributed by atoms with E-state index < -0.39 is 18.0 Å². The zero-order valence-corrected chi connectivity index (χ0v) is 17.2. The highest BCUT2D eigenvalue weighted by Gasteiger charge is 2.38. The number of carboxylic acid groups (broad SMARTS) is 1. The molecule has 3 fully saturated rings. The number of pyridine rings is 1. The molecular weight excluding hydrogens is 408 g/mol. The molecule has 3 atom stereocenters. The van der Waals surface area contributed by atoms with E-state index in [9.17, 15) is 23.5 Å². The molecule has 2 saturated heterocycles. The first kappa shape index (κ1) is 20.4. The van der Waals surface area contributed by atoms with E-state index in [2.05, 4.69) is 17.1 Å². The van der Waals surface area contributed by atoms with Gasteiger partial charge in [0.1, 0.15) is 5.56 Å². The Kier molecular flexibility index (Phi) is 4.97. The number of nitrogens with one attached hydrogen (secondary N) is 1. The number of carboxylic acids is 1. The Labute approximate surface area is 177 Å². The summed E-state index contributed by atoms with van der Waals surface area (Å²) in [6, 6.07) is 3.93. The van der Waals surface area contributed by atoms with Crippen LogP contribution in [0, 0.1) is 0 Å². The Hall–Kier alpha value is -2.52. The molecule has 1 aliphatic carbocycles. The predicted molar refractivity (Wildman–Crippen MR) is 110 cm³/mol. The number of hydrogen-bond acceptors (Lipinski definition) is 5. The Bertz CT molecular complexity index is 1100. The van der Waals surface area contributed by atoms with Crippen LogP contribution in [0.4, 0.5) is 8.78 Å². The lowest BCUT2D eigenvalue weighted by molar-refractivity contribution is -0.0498. The van der Waals surface area contributed by atoms with Gasteiger partial charge in [0.25, 0.3) is 0 Å². The lowest BCUT2D eigenvalue weighted by Gasteiger charge is -2.34. The number of alkyl halides is 2. The number of piperazine rings is 1. The number of aromatic nitrogens is 1. The lowest BCUT2D eigenvalue weighted by atomic mass is 9.93. The number of aromatic carboxylic acids is 1. The second-order valence-electron chi connectivity index (χ2n) is 8.92. The summed E-state index contributed by atoms with van der Waals surface area (Å²) >= 11 is 0. The molecular formula is C22H25F2N3O4. The number of benzene rings is 1. The van der Waals surface area contributed by atoms with Gasteiger partial charge in [0.2, 0.25) is 5.43 Å². The second kappa shape index (κ2) is 7.56. The highest BCUT2D eigenvalue weighted by Crippen LogP contribution is 2.44. The van der Waals surface area contributed by atoms with E-state index in [1.165, 1.54) is 6.20 Å². The van der Waals surface area contributed by atoms with Crippen molar-refractivity contribution in [3.63, 3.8) is 0 Å². The lowest BCUT2D eigenvalue weighted by Crippen LogP contribution is -2.52. The van der Waals surface area contributed by atoms with Crippen LogP contribution in [0.1, 0.15) is 54.1 Å². The van der Waals surface area contributed by atoms with Crippen LogP contribution in [0.2, 0.25) is 0 Å². The Morgan fingerprint density at radius 3 is 2.71 bits per heavy atom. The minimum Gasteiger partial charge on any atom is -0.477 e. The maximum atomic E-state index is 13.5. The van der Waals surface area contributed by atoms with Crippen molar-refractivity contribution in [1.82, 2.24) is 14.8 Å². The summed E-state index contributed by atoms with van der Waals surface area (Å²) in [5.41, 5.74) is -0.0847. The van der Waals surface area contributed by atoms with E-state index >= 15 is 0 Å². The van der Waals surface area contributed by atoms with Crippen molar-refractivity contribution in [3.8, 4) is 5.75 Å². The smallest absolute Gasteiger partial charge is 0.387 e. The molecule has 2 N–H and O–H groups in total. The molecule has 1 aromatic carbocycles. The number of hydrogen-bond donors (Lipinski definition) is 2. The zero-order valence-electron chi connectivity index (χ0n) is 17.2. The topological polar surface area (TPSA) is 83.8 Å². The third kappa shape index (κ3) is 3.59. The number of halogens is 2. The number of nitrogens with zero attached hydrogens (tertiary/aromatic N) is 2. The van der Waals surface area contributed by atoms with E-state index in [1.807, 2.05) is 0 Å². The molecule has 31 heavy (non-hydrogen) atoms. The van der Waals surface area contributed by atoms with Crippen LogP contribution in [-0.4, -0.2) is 58.9 Å². The summed E-state index contributed by atoms with van der Waals surface area (Å²) in [7, 11) is 0. The van der Waals surface area contributed by atoms with Gasteiger partial charge in [-0.15, -0.1) is 0 Å². The van der Waals surface area contributed by atoms with Crippen LogP contribution in [0.5, 0.6) is 5.75 Å². The summed E-state index contributed by atoms with van der Waals surface area (Å²) in [6.45, 7) is 1.57. The molecule has 3 heterocycles. The van der Waals surface area contributed by atoms with Gasteiger partial charge in [-0.3, -0.25) is 9.69 Å². The zero-order chi connectivity index (χ0) is 21.9. The first-order chi connectivity index (χ1) is 14.8. The molecule has 0 amide bonds. The molecule has 0 radical (unpaired) electrons. The molecule has 1 unspecified atom stereocenters. The van der Waals surface area contributed by atoms with Crippen molar-refractivity contribution in [2.45, 2.75) is 56.8 Å². The van der Waals surface area contributed by atoms with Gasteiger partial charge in [0.05, 0.1) is 10.9 Å². The number of fused-ring (bicyclic) bond motifs is 2. The van der Waals surface area contributed by atoms with Gasteiger partial charge in [0, 0.05) is 55.4 Å². The van der Waals surface area contributed by atoms with Crippen molar-refractivity contribution in [1.29, 1.82) is 0 Å². The van der Waals surface area contributed by atoms with Crippen molar-refractivity contribution >= 4 is 16.9 Å². The maximum absolute atomic E-state index is 13.5. The van der Waals surface area contributed by atoms with Crippen molar-refractivity contribution in [3.05, 3.63) is 39.7 Å². The molecule has 0 spiro atoms. The highest BCUT2D eigenvalue weighted by atomic mass is 19.3. The summed E-state index contributed by atoms with van der Waals surface area (Å²) < 4.78 is 33.7. The van der Waals surface area contributed by atoms with Gasteiger partial charge in [-0.2, -0.15) is 8.78 Å². The van der Waals surface area contributed by atoms with E-state index in [4.69, 9.17) is 4.74 Å². The third-order valence-corrected chi connectivity index (χ3v) is 6.73.